The van der Waals surface area contributed by atoms with Crippen molar-refractivity contribution in [2.45, 2.75) is 33.4 Å². The summed E-state index contributed by atoms with van der Waals surface area (Å²) in [5.74, 6) is 1.64. The Morgan fingerprint density at radius 3 is 2.76 bits per heavy atom. The molecule has 92 valence electrons. The van der Waals surface area contributed by atoms with Crippen molar-refractivity contribution in [2.24, 2.45) is 11.7 Å². The number of hydrogen-bond acceptors (Lipinski definition) is 4. The fourth-order valence-electron chi connectivity index (χ4n) is 1.69. The summed E-state index contributed by atoms with van der Waals surface area (Å²) in [5, 5.41) is 3.96. The highest BCUT2D eigenvalue weighted by Gasteiger charge is 2.14. The molecule has 2 aromatic heterocycles. The second-order valence-corrected chi connectivity index (χ2v) is 4.68. The Bertz CT molecular complexity index is 484. The van der Waals surface area contributed by atoms with Crippen molar-refractivity contribution in [1.29, 1.82) is 0 Å². The third kappa shape index (κ3) is 2.55. The molecule has 17 heavy (non-hydrogen) atoms. The predicted molar refractivity (Wildman–Crippen MR) is 65.2 cm³/mol. The van der Waals surface area contributed by atoms with Crippen LogP contribution in [0.2, 0.25) is 0 Å². The van der Waals surface area contributed by atoms with E-state index in [0.29, 0.717) is 17.6 Å². The minimum atomic E-state index is -0.232. The van der Waals surface area contributed by atoms with Gasteiger partial charge in [-0.2, -0.15) is 4.98 Å². The zero-order valence-electron chi connectivity index (χ0n) is 10.4. The Morgan fingerprint density at radius 2 is 2.18 bits per heavy atom. The topological polar surface area (TPSA) is 69.9 Å². The lowest BCUT2D eigenvalue weighted by Crippen LogP contribution is -2.06. The van der Waals surface area contributed by atoms with Gasteiger partial charge in [-0.25, -0.2) is 0 Å². The van der Waals surface area contributed by atoms with E-state index in [4.69, 9.17) is 10.3 Å². The average molecular weight is 234 g/mol. The number of rotatable bonds is 4. The molecule has 0 radical (unpaired) electrons. The molecule has 0 bridgehead atoms. The third-order valence-electron chi connectivity index (χ3n) is 2.45. The summed E-state index contributed by atoms with van der Waals surface area (Å²) in [4.78, 5) is 4.30. The lowest BCUT2D eigenvalue weighted by Gasteiger charge is -2.08. The number of nitrogens with two attached hydrogens (primary N) is 1. The maximum atomic E-state index is 5.70. The number of nitrogens with zero attached hydrogens (tertiary/aromatic N) is 3. The molecule has 0 saturated heterocycles. The molecule has 2 aromatic rings. The van der Waals surface area contributed by atoms with Crippen LogP contribution >= 0.6 is 0 Å². The zero-order valence-corrected chi connectivity index (χ0v) is 10.4. The second-order valence-electron chi connectivity index (χ2n) is 4.68. The van der Waals surface area contributed by atoms with Gasteiger partial charge in [-0.1, -0.05) is 19.0 Å². The van der Waals surface area contributed by atoms with Crippen molar-refractivity contribution < 1.29 is 4.52 Å². The van der Waals surface area contributed by atoms with E-state index in [1.54, 1.807) is 0 Å². The quantitative estimate of drug-likeness (QED) is 0.880. The summed E-state index contributed by atoms with van der Waals surface area (Å²) in [6.07, 6.45) is 2.03. The summed E-state index contributed by atoms with van der Waals surface area (Å²) in [5.41, 5.74) is 6.66. The molecule has 2 rings (SSSR count). The van der Waals surface area contributed by atoms with Crippen molar-refractivity contribution in [3.05, 3.63) is 24.2 Å². The van der Waals surface area contributed by atoms with Crippen molar-refractivity contribution in [2.75, 3.05) is 0 Å². The number of aromatic nitrogens is 3. The first kappa shape index (κ1) is 11.9. The van der Waals surface area contributed by atoms with Crippen LogP contribution in [0.4, 0.5) is 0 Å². The van der Waals surface area contributed by atoms with E-state index in [0.717, 1.165) is 12.2 Å². The Kier molecular flexibility index (Phi) is 3.28. The third-order valence-corrected chi connectivity index (χ3v) is 2.45. The SMILES string of the molecule is CC(C)Cn1cccc1-c1noc(C(C)N)n1. The summed E-state index contributed by atoms with van der Waals surface area (Å²) in [7, 11) is 0. The highest BCUT2D eigenvalue weighted by molar-refractivity contribution is 5.49. The molecule has 0 aromatic carbocycles. The smallest absolute Gasteiger partial charge is 0.243 e. The molecule has 0 amide bonds. The van der Waals surface area contributed by atoms with Gasteiger partial charge in [0.05, 0.1) is 11.7 Å². The fourth-order valence-corrected chi connectivity index (χ4v) is 1.69. The maximum absolute atomic E-state index is 5.70. The van der Waals surface area contributed by atoms with Crippen molar-refractivity contribution in [3.63, 3.8) is 0 Å². The fraction of sp³-hybridized carbons (Fsp3) is 0.500. The van der Waals surface area contributed by atoms with Gasteiger partial charge < -0.3 is 14.8 Å². The summed E-state index contributed by atoms with van der Waals surface area (Å²) in [6, 6.07) is 3.74. The van der Waals surface area contributed by atoms with E-state index in [9.17, 15) is 0 Å². The van der Waals surface area contributed by atoms with Crippen LogP contribution in [0, 0.1) is 5.92 Å². The van der Waals surface area contributed by atoms with Crippen LogP contribution in [0.1, 0.15) is 32.7 Å². The van der Waals surface area contributed by atoms with Gasteiger partial charge in [-0.3, -0.25) is 0 Å². The van der Waals surface area contributed by atoms with Crippen molar-refractivity contribution >= 4 is 0 Å². The van der Waals surface area contributed by atoms with Crippen LogP contribution in [0.15, 0.2) is 22.9 Å². The maximum Gasteiger partial charge on any atom is 0.243 e. The first-order valence-corrected chi connectivity index (χ1v) is 5.82. The molecule has 2 heterocycles. The minimum Gasteiger partial charge on any atom is -0.345 e. The largest absolute Gasteiger partial charge is 0.345 e. The Balaban J connectivity index is 2.29. The monoisotopic (exact) mass is 234 g/mol. The molecular weight excluding hydrogens is 216 g/mol. The van der Waals surface area contributed by atoms with E-state index in [-0.39, 0.29) is 6.04 Å². The molecule has 1 atom stereocenters. The van der Waals surface area contributed by atoms with Crippen LogP contribution in [0.3, 0.4) is 0 Å². The minimum absolute atomic E-state index is 0.232. The Labute approximate surface area is 101 Å². The number of hydrogen-bond donors (Lipinski definition) is 1. The second kappa shape index (κ2) is 4.71. The predicted octanol–water partition coefficient (Wildman–Crippen LogP) is 2.21. The first-order valence-electron chi connectivity index (χ1n) is 5.82. The summed E-state index contributed by atoms with van der Waals surface area (Å²) >= 11 is 0. The highest BCUT2D eigenvalue weighted by atomic mass is 16.5. The van der Waals surface area contributed by atoms with E-state index >= 15 is 0 Å². The van der Waals surface area contributed by atoms with Gasteiger partial charge in [-0.15, -0.1) is 0 Å². The van der Waals surface area contributed by atoms with Crippen LogP contribution < -0.4 is 5.73 Å². The first-order chi connectivity index (χ1) is 8.08. The van der Waals surface area contributed by atoms with Gasteiger partial charge in [0.2, 0.25) is 11.7 Å². The van der Waals surface area contributed by atoms with Crippen LogP contribution in [-0.4, -0.2) is 14.7 Å². The van der Waals surface area contributed by atoms with Gasteiger partial charge in [0, 0.05) is 12.7 Å². The zero-order chi connectivity index (χ0) is 12.4. The van der Waals surface area contributed by atoms with Crippen molar-refractivity contribution in [1.82, 2.24) is 14.7 Å². The van der Waals surface area contributed by atoms with Gasteiger partial charge in [0.15, 0.2) is 0 Å². The molecule has 5 nitrogen and oxygen atoms in total. The Morgan fingerprint density at radius 1 is 1.41 bits per heavy atom. The molecule has 0 fully saturated rings. The molecule has 0 aliphatic carbocycles. The molecule has 0 spiro atoms. The van der Waals surface area contributed by atoms with E-state index in [1.807, 2.05) is 25.3 Å². The van der Waals surface area contributed by atoms with Crippen LogP contribution in [-0.2, 0) is 6.54 Å². The van der Waals surface area contributed by atoms with Gasteiger partial charge in [0.1, 0.15) is 0 Å². The van der Waals surface area contributed by atoms with Gasteiger partial charge in [0.25, 0.3) is 0 Å². The molecule has 2 N–H and O–H groups in total. The summed E-state index contributed by atoms with van der Waals surface area (Å²) in [6.45, 7) is 7.11. The lowest BCUT2D eigenvalue weighted by atomic mass is 10.2. The highest BCUT2D eigenvalue weighted by Crippen LogP contribution is 2.19. The normalized spacial score (nSPS) is 13.2. The van der Waals surface area contributed by atoms with E-state index < -0.39 is 0 Å². The Hall–Kier alpha value is -1.62. The van der Waals surface area contributed by atoms with E-state index in [1.165, 1.54) is 0 Å². The average Bonchev–Trinajstić information content (AvgIpc) is 2.83. The van der Waals surface area contributed by atoms with Crippen LogP contribution in [0.5, 0.6) is 0 Å². The molecule has 0 aliphatic rings. The molecule has 0 saturated carbocycles. The molecule has 0 aliphatic heterocycles. The standard InChI is InChI=1S/C12H18N4O/c1-8(2)7-16-6-4-5-10(16)11-14-12(9(3)13)17-15-11/h4-6,8-9H,7,13H2,1-3H3. The molecule has 1 unspecified atom stereocenters. The van der Waals surface area contributed by atoms with Crippen molar-refractivity contribution in [3.8, 4) is 11.5 Å². The molecule has 5 heteroatoms. The van der Waals surface area contributed by atoms with Crippen LogP contribution in [0.25, 0.3) is 11.5 Å². The van der Waals surface area contributed by atoms with Gasteiger partial charge >= 0.3 is 0 Å². The van der Waals surface area contributed by atoms with Gasteiger partial charge in [-0.05, 0) is 25.0 Å². The summed E-state index contributed by atoms with van der Waals surface area (Å²) < 4.78 is 7.24. The van der Waals surface area contributed by atoms with E-state index in [2.05, 4.69) is 28.6 Å². The lowest BCUT2D eigenvalue weighted by molar-refractivity contribution is 0.361. The molecular formula is C12H18N4O.